The maximum Gasteiger partial charge on any atom is 0.330 e. The number of carbonyl (C=O) groups excluding carboxylic acids is 2. The molecule has 2 aliphatic rings. The van der Waals surface area contributed by atoms with Crippen molar-refractivity contribution in [3.05, 3.63) is 11.5 Å². The smallest absolute Gasteiger partial charge is 0.330 e. The zero-order chi connectivity index (χ0) is 9.59. The van der Waals surface area contributed by atoms with Gasteiger partial charge in [-0.3, -0.25) is 14.5 Å². The molecule has 0 radical (unpaired) electrons. The highest BCUT2D eigenvalue weighted by atomic mass is 32.2. The van der Waals surface area contributed by atoms with Gasteiger partial charge in [0.1, 0.15) is 0 Å². The second kappa shape index (κ2) is 2.59. The first-order valence-electron chi connectivity index (χ1n) is 3.54. The molecule has 0 saturated carbocycles. The number of rotatable bonds is 1. The molecule has 2 heterocycles. The molecule has 1 saturated heterocycles. The van der Waals surface area contributed by atoms with Crippen LogP contribution in [0.4, 0.5) is 0 Å². The second-order valence-electron chi connectivity index (χ2n) is 2.68. The molecule has 0 aromatic rings. The molecule has 0 aromatic heterocycles. The van der Waals surface area contributed by atoms with Gasteiger partial charge in [-0.2, -0.15) is 0 Å². The van der Waals surface area contributed by atoms with Gasteiger partial charge in [-0.1, -0.05) is 0 Å². The monoisotopic (exact) mass is 199 g/mol. The van der Waals surface area contributed by atoms with E-state index in [1.54, 1.807) is 5.41 Å². The number of ketones is 1. The number of carboxylic acid groups (broad SMARTS) is 1. The molecule has 6 heteroatoms. The van der Waals surface area contributed by atoms with Crippen molar-refractivity contribution in [1.29, 1.82) is 0 Å². The number of β-lactam (4-membered cyclic amide) rings is 1. The zero-order valence-corrected chi connectivity index (χ0v) is 7.15. The summed E-state index contributed by atoms with van der Waals surface area (Å²) < 4.78 is 0. The third-order valence-electron chi connectivity index (χ3n) is 1.94. The van der Waals surface area contributed by atoms with E-state index < -0.39 is 29.1 Å². The van der Waals surface area contributed by atoms with Gasteiger partial charge in [-0.15, -0.1) is 11.8 Å². The molecule has 2 atom stereocenters. The fourth-order valence-electron chi connectivity index (χ4n) is 1.29. The molecule has 13 heavy (non-hydrogen) atoms. The van der Waals surface area contributed by atoms with Gasteiger partial charge in [0.05, 0.1) is 0 Å². The van der Waals surface area contributed by atoms with Gasteiger partial charge in [0.2, 0.25) is 0 Å². The average molecular weight is 199 g/mol. The maximum absolute atomic E-state index is 11.0. The van der Waals surface area contributed by atoms with Gasteiger partial charge in [-0.25, -0.2) is 4.79 Å². The molecule has 2 aliphatic heterocycles. The lowest BCUT2D eigenvalue weighted by Gasteiger charge is -2.42. The summed E-state index contributed by atoms with van der Waals surface area (Å²) in [5, 5.41) is 9.63. The summed E-state index contributed by atoms with van der Waals surface area (Å²) in [6.45, 7) is 0. The Morgan fingerprint density at radius 2 is 2.23 bits per heavy atom. The molecule has 68 valence electrons. The summed E-state index contributed by atoms with van der Waals surface area (Å²) in [6.07, 6.45) is 1.40. The largest absolute Gasteiger partial charge is 0.479 e. The van der Waals surface area contributed by atoms with Crippen molar-refractivity contribution in [1.82, 2.24) is 4.90 Å². The van der Waals surface area contributed by atoms with Crippen LogP contribution in [0.1, 0.15) is 0 Å². The molecule has 2 unspecified atom stereocenters. The predicted molar refractivity (Wildman–Crippen MR) is 43.8 cm³/mol. The van der Waals surface area contributed by atoms with Gasteiger partial charge >= 0.3 is 5.97 Å². The number of aliphatic carboxylic acids is 1. The highest BCUT2D eigenvalue weighted by molar-refractivity contribution is 8.03. The molecule has 0 spiro atoms. The van der Waals surface area contributed by atoms with Crippen LogP contribution in [0.5, 0.6) is 0 Å². The Labute approximate surface area is 77.4 Å². The van der Waals surface area contributed by atoms with Gasteiger partial charge < -0.3 is 5.11 Å². The number of Topliss-reactive ketones (excluding diaryl/α,β-unsaturated/α-hetero) is 1. The van der Waals surface area contributed by atoms with Crippen molar-refractivity contribution in [2.45, 2.75) is 11.4 Å². The van der Waals surface area contributed by atoms with Gasteiger partial charge in [0.25, 0.3) is 11.7 Å². The summed E-state index contributed by atoms with van der Waals surface area (Å²) >= 11 is 1.16. The summed E-state index contributed by atoms with van der Waals surface area (Å²) in [7, 11) is 0. The number of fused-ring (bicyclic) bond motifs is 1. The summed E-state index contributed by atoms with van der Waals surface area (Å²) in [4.78, 5) is 33.6. The van der Waals surface area contributed by atoms with Crippen molar-refractivity contribution in [3.8, 4) is 0 Å². The minimum absolute atomic E-state index is 0.513. The van der Waals surface area contributed by atoms with Crippen LogP contribution in [0.15, 0.2) is 11.5 Å². The van der Waals surface area contributed by atoms with Crippen LogP contribution in [0.25, 0.3) is 0 Å². The van der Waals surface area contributed by atoms with E-state index in [2.05, 4.69) is 0 Å². The molecular formula is C7H5NO4S. The fraction of sp³-hybridized carbons (Fsp3) is 0.286. The normalized spacial score (nSPS) is 31.2. The molecule has 0 aromatic carbocycles. The van der Waals surface area contributed by atoms with Crippen molar-refractivity contribution in [2.24, 2.45) is 0 Å². The quantitative estimate of drug-likeness (QED) is 0.452. The highest BCUT2D eigenvalue weighted by Gasteiger charge is 2.52. The van der Waals surface area contributed by atoms with Crippen LogP contribution < -0.4 is 0 Å². The fourth-order valence-corrected chi connectivity index (χ4v) is 2.26. The highest BCUT2D eigenvalue weighted by Crippen LogP contribution is 2.33. The van der Waals surface area contributed by atoms with Gasteiger partial charge in [-0.05, 0) is 11.5 Å². The SMILES string of the molecule is O=C(O)C1C=CSC2C(=O)C(=O)N12. The van der Waals surface area contributed by atoms with Crippen molar-refractivity contribution >= 4 is 29.4 Å². The second-order valence-corrected chi connectivity index (χ2v) is 3.67. The Morgan fingerprint density at radius 1 is 1.54 bits per heavy atom. The topological polar surface area (TPSA) is 74.7 Å². The minimum Gasteiger partial charge on any atom is -0.479 e. The summed E-state index contributed by atoms with van der Waals surface area (Å²) in [5.41, 5.74) is 0. The zero-order valence-electron chi connectivity index (χ0n) is 6.34. The lowest BCUT2D eigenvalue weighted by molar-refractivity contribution is -0.163. The third kappa shape index (κ3) is 0.983. The first-order chi connectivity index (χ1) is 6.13. The van der Waals surface area contributed by atoms with E-state index in [9.17, 15) is 14.4 Å². The van der Waals surface area contributed by atoms with E-state index in [1.165, 1.54) is 6.08 Å². The number of nitrogens with zero attached hydrogens (tertiary/aromatic N) is 1. The number of amides is 1. The number of hydrogen-bond acceptors (Lipinski definition) is 4. The van der Waals surface area contributed by atoms with E-state index >= 15 is 0 Å². The van der Waals surface area contributed by atoms with Crippen molar-refractivity contribution in [2.75, 3.05) is 0 Å². The Kier molecular flexibility index (Phi) is 1.66. The molecule has 1 amide bonds. The molecular weight excluding hydrogens is 194 g/mol. The van der Waals surface area contributed by atoms with Crippen LogP contribution in [-0.4, -0.2) is 39.1 Å². The van der Waals surface area contributed by atoms with Crippen LogP contribution in [0, 0.1) is 0 Å². The molecule has 1 fully saturated rings. The summed E-state index contributed by atoms with van der Waals surface area (Å²) in [5.74, 6) is -2.32. The maximum atomic E-state index is 11.0. The van der Waals surface area contributed by atoms with Gasteiger partial charge in [0.15, 0.2) is 11.4 Å². The Morgan fingerprint density at radius 3 is 2.85 bits per heavy atom. The average Bonchev–Trinajstić information content (AvgIpc) is 2.15. The third-order valence-corrected chi connectivity index (χ3v) is 2.96. The number of hydrogen-bond donors (Lipinski definition) is 1. The standard InChI is InChI=1S/C7H5NO4S/c9-4-5(10)8-3(7(11)12)1-2-13-6(4)8/h1-3,6H,(H,11,12). The number of carbonyl (C=O) groups is 3. The first kappa shape index (κ1) is 8.31. The van der Waals surface area contributed by atoms with Crippen LogP contribution in [0.3, 0.4) is 0 Å². The predicted octanol–water partition coefficient (Wildman–Crippen LogP) is -0.562. The molecule has 0 aliphatic carbocycles. The summed E-state index contributed by atoms with van der Waals surface area (Å²) in [6, 6.07) is -0.976. The van der Waals surface area contributed by atoms with Crippen LogP contribution >= 0.6 is 11.8 Å². The molecule has 1 N–H and O–H groups in total. The van der Waals surface area contributed by atoms with Crippen LogP contribution in [-0.2, 0) is 14.4 Å². The van der Waals surface area contributed by atoms with Crippen molar-refractivity contribution < 1.29 is 19.5 Å². The Hall–Kier alpha value is -1.30. The number of carboxylic acids is 1. The van der Waals surface area contributed by atoms with E-state index in [-0.39, 0.29) is 0 Å². The number of thioether (sulfide) groups is 1. The van der Waals surface area contributed by atoms with E-state index in [0.29, 0.717) is 0 Å². The van der Waals surface area contributed by atoms with E-state index in [1.807, 2.05) is 0 Å². The minimum atomic E-state index is -1.11. The molecule has 5 nitrogen and oxygen atoms in total. The van der Waals surface area contributed by atoms with Crippen LogP contribution in [0.2, 0.25) is 0 Å². The lowest BCUT2D eigenvalue weighted by Crippen LogP contribution is -2.65. The lowest BCUT2D eigenvalue weighted by atomic mass is 10.1. The Balaban J connectivity index is 2.29. The first-order valence-corrected chi connectivity index (χ1v) is 4.48. The van der Waals surface area contributed by atoms with Crippen molar-refractivity contribution in [3.63, 3.8) is 0 Å². The van der Waals surface area contributed by atoms with E-state index in [0.717, 1.165) is 16.7 Å². The van der Waals surface area contributed by atoms with Gasteiger partial charge in [0, 0.05) is 0 Å². The molecule has 2 rings (SSSR count). The molecule has 0 bridgehead atoms. The van der Waals surface area contributed by atoms with E-state index in [4.69, 9.17) is 5.11 Å². The Bertz CT molecular complexity index is 337.